The number of nitro groups is 1. The van der Waals surface area contributed by atoms with E-state index in [4.69, 9.17) is 4.74 Å². The largest absolute Gasteiger partial charge is 0.462 e. The summed E-state index contributed by atoms with van der Waals surface area (Å²) >= 11 is 2.15. The molecule has 0 saturated heterocycles. The molecule has 0 fully saturated rings. The maximum atomic E-state index is 12.4. The molecule has 2 aromatic carbocycles. The molecule has 1 heterocycles. The average molecular weight is 502 g/mol. The highest BCUT2D eigenvalue weighted by molar-refractivity contribution is 8.01. The standard InChI is InChI=1S/C21H19N5O6S2/c1-3-32-19(29)14-6-4-5-7-15(14)22-17(27)11-33-21-25-24-20(34-21)23-18(28)13-9-8-12(2)16(10-13)26(30)31/h4-10H,3,11H2,1-2H3,(H,22,27)(H,23,24,28). The number of hydrogen-bond acceptors (Lipinski definition) is 10. The number of rotatable bonds is 9. The van der Waals surface area contributed by atoms with Crippen molar-refractivity contribution >= 4 is 57.4 Å². The molecule has 0 aliphatic carbocycles. The molecule has 1 aromatic heterocycles. The Kier molecular flexibility index (Phi) is 8.27. The number of nitrogens with zero attached hydrogens (tertiary/aromatic N) is 3. The third kappa shape index (κ3) is 6.36. The predicted octanol–water partition coefficient (Wildman–Crippen LogP) is 3.91. The first-order chi connectivity index (χ1) is 16.3. The molecule has 0 aliphatic rings. The lowest BCUT2D eigenvalue weighted by Gasteiger charge is -2.09. The van der Waals surface area contributed by atoms with E-state index in [1.54, 1.807) is 38.1 Å². The molecule has 0 saturated carbocycles. The van der Waals surface area contributed by atoms with Gasteiger partial charge in [0, 0.05) is 17.2 Å². The number of ether oxygens (including phenoxy) is 1. The molecule has 2 N–H and O–H groups in total. The number of anilines is 2. The molecule has 0 radical (unpaired) electrons. The number of nitrogens with one attached hydrogen (secondary N) is 2. The van der Waals surface area contributed by atoms with Crippen LogP contribution >= 0.6 is 23.1 Å². The molecule has 176 valence electrons. The van der Waals surface area contributed by atoms with Crippen LogP contribution in [0.4, 0.5) is 16.5 Å². The van der Waals surface area contributed by atoms with Gasteiger partial charge in [0.25, 0.3) is 11.6 Å². The van der Waals surface area contributed by atoms with Crippen LogP contribution in [-0.2, 0) is 9.53 Å². The van der Waals surface area contributed by atoms with Gasteiger partial charge in [-0.15, -0.1) is 10.2 Å². The Morgan fingerprint density at radius 3 is 2.65 bits per heavy atom. The van der Waals surface area contributed by atoms with E-state index in [2.05, 4.69) is 20.8 Å². The number of aryl methyl sites for hydroxylation is 1. The highest BCUT2D eigenvalue weighted by Crippen LogP contribution is 2.27. The summed E-state index contributed by atoms with van der Waals surface area (Å²) in [5.41, 5.74) is 0.987. The van der Waals surface area contributed by atoms with Crippen molar-refractivity contribution in [1.82, 2.24) is 10.2 Å². The molecule has 2 amide bonds. The zero-order chi connectivity index (χ0) is 24.7. The quantitative estimate of drug-likeness (QED) is 0.146. The van der Waals surface area contributed by atoms with E-state index in [-0.39, 0.29) is 40.2 Å². The van der Waals surface area contributed by atoms with Crippen molar-refractivity contribution in [3.05, 3.63) is 69.3 Å². The van der Waals surface area contributed by atoms with E-state index in [0.29, 0.717) is 15.6 Å². The van der Waals surface area contributed by atoms with Gasteiger partial charge in [-0.3, -0.25) is 25.0 Å². The maximum absolute atomic E-state index is 12.4. The molecule has 0 bridgehead atoms. The van der Waals surface area contributed by atoms with E-state index < -0.39 is 16.8 Å². The van der Waals surface area contributed by atoms with Gasteiger partial charge in [0.2, 0.25) is 11.0 Å². The zero-order valence-electron chi connectivity index (χ0n) is 18.1. The van der Waals surface area contributed by atoms with E-state index in [1.165, 1.54) is 18.2 Å². The van der Waals surface area contributed by atoms with Crippen LogP contribution in [0.15, 0.2) is 46.8 Å². The second-order valence-electron chi connectivity index (χ2n) is 6.69. The molecule has 0 unspecified atom stereocenters. The van der Waals surface area contributed by atoms with Gasteiger partial charge in [0.05, 0.1) is 28.5 Å². The number of benzene rings is 2. The first-order valence-electron chi connectivity index (χ1n) is 9.87. The zero-order valence-corrected chi connectivity index (χ0v) is 19.7. The highest BCUT2D eigenvalue weighted by Gasteiger charge is 2.18. The third-order valence-corrected chi connectivity index (χ3v) is 6.29. The summed E-state index contributed by atoms with van der Waals surface area (Å²) in [6, 6.07) is 10.7. The molecule has 3 rings (SSSR count). The number of amides is 2. The Morgan fingerprint density at radius 1 is 1.15 bits per heavy atom. The minimum absolute atomic E-state index is 0.0100. The number of aromatic nitrogens is 2. The topological polar surface area (TPSA) is 153 Å². The second kappa shape index (κ2) is 11.3. The van der Waals surface area contributed by atoms with Crippen LogP contribution in [0, 0.1) is 17.0 Å². The summed E-state index contributed by atoms with van der Waals surface area (Å²) < 4.78 is 5.42. The Bertz CT molecular complexity index is 1250. The van der Waals surface area contributed by atoms with Crippen LogP contribution < -0.4 is 10.6 Å². The van der Waals surface area contributed by atoms with Gasteiger partial charge in [-0.25, -0.2) is 4.79 Å². The van der Waals surface area contributed by atoms with E-state index in [1.807, 2.05) is 0 Å². The lowest BCUT2D eigenvalue weighted by molar-refractivity contribution is -0.385. The monoisotopic (exact) mass is 501 g/mol. The SMILES string of the molecule is CCOC(=O)c1ccccc1NC(=O)CSc1nnc(NC(=O)c2ccc(C)c([N+](=O)[O-])c2)s1. The molecular formula is C21H19N5O6S2. The number of carbonyl (C=O) groups is 3. The Balaban J connectivity index is 1.57. The molecule has 0 atom stereocenters. The van der Waals surface area contributed by atoms with Crippen LogP contribution in [-0.4, -0.2) is 45.3 Å². The van der Waals surface area contributed by atoms with Crippen molar-refractivity contribution in [3.8, 4) is 0 Å². The van der Waals surface area contributed by atoms with E-state index in [9.17, 15) is 24.5 Å². The van der Waals surface area contributed by atoms with Gasteiger partial charge in [0.15, 0.2) is 4.34 Å². The smallest absolute Gasteiger partial charge is 0.340 e. The fourth-order valence-corrected chi connectivity index (χ4v) is 4.27. The van der Waals surface area contributed by atoms with Gasteiger partial charge < -0.3 is 10.1 Å². The summed E-state index contributed by atoms with van der Waals surface area (Å²) in [5.74, 6) is -1.47. The maximum Gasteiger partial charge on any atom is 0.340 e. The Labute approximate surface area is 202 Å². The van der Waals surface area contributed by atoms with Crippen molar-refractivity contribution < 1.29 is 24.0 Å². The summed E-state index contributed by atoms with van der Waals surface area (Å²) in [6.07, 6.45) is 0. The number of esters is 1. The van der Waals surface area contributed by atoms with Gasteiger partial charge >= 0.3 is 5.97 Å². The fourth-order valence-electron chi connectivity index (χ4n) is 2.73. The number of thioether (sulfide) groups is 1. The Hall–Kier alpha value is -3.84. The van der Waals surface area contributed by atoms with Crippen LogP contribution in [0.3, 0.4) is 0 Å². The van der Waals surface area contributed by atoms with Crippen molar-refractivity contribution in [2.45, 2.75) is 18.2 Å². The molecule has 34 heavy (non-hydrogen) atoms. The van der Waals surface area contributed by atoms with Crippen molar-refractivity contribution in [1.29, 1.82) is 0 Å². The summed E-state index contributed by atoms with van der Waals surface area (Å²) in [4.78, 5) is 47.3. The summed E-state index contributed by atoms with van der Waals surface area (Å²) in [7, 11) is 0. The fraction of sp³-hybridized carbons (Fsp3) is 0.190. The highest BCUT2D eigenvalue weighted by atomic mass is 32.2. The van der Waals surface area contributed by atoms with E-state index >= 15 is 0 Å². The average Bonchev–Trinajstić information content (AvgIpc) is 3.25. The van der Waals surface area contributed by atoms with Gasteiger partial charge in [-0.2, -0.15) is 0 Å². The lowest BCUT2D eigenvalue weighted by Crippen LogP contribution is -2.17. The lowest BCUT2D eigenvalue weighted by atomic mass is 10.1. The summed E-state index contributed by atoms with van der Waals surface area (Å²) in [5, 5.41) is 24.3. The molecule has 3 aromatic rings. The first-order valence-corrected chi connectivity index (χ1v) is 11.7. The minimum atomic E-state index is -0.566. The van der Waals surface area contributed by atoms with Crippen LogP contribution in [0.25, 0.3) is 0 Å². The van der Waals surface area contributed by atoms with Crippen molar-refractivity contribution in [2.75, 3.05) is 23.0 Å². The van der Waals surface area contributed by atoms with Gasteiger partial charge in [-0.05, 0) is 32.0 Å². The summed E-state index contributed by atoms with van der Waals surface area (Å²) in [6.45, 7) is 3.49. The van der Waals surface area contributed by atoms with Gasteiger partial charge in [0.1, 0.15) is 0 Å². The number of para-hydroxylation sites is 1. The van der Waals surface area contributed by atoms with Crippen LogP contribution in [0.5, 0.6) is 0 Å². The minimum Gasteiger partial charge on any atom is -0.462 e. The molecule has 13 heteroatoms. The Morgan fingerprint density at radius 2 is 1.91 bits per heavy atom. The molecule has 0 aliphatic heterocycles. The van der Waals surface area contributed by atoms with Crippen molar-refractivity contribution in [2.24, 2.45) is 0 Å². The third-order valence-electron chi connectivity index (χ3n) is 4.32. The van der Waals surface area contributed by atoms with Crippen LogP contribution in [0.2, 0.25) is 0 Å². The number of nitro benzene ring substituents is 1. The molecular weight excluding hydrogens is 482 g/mol. The van der Waals surface area contributed by atoms with E-state index in [0.717, 1.165) is 23.1 Å². The molecule has 0 spiro atoms. The number of carbonyl (C=O) groups excluding carboxylic acids is 3. The molecule has 11 nitrogen and oxygen atoms in total. The van der Waals surface area contributed by atoms with Gasteiger partial charge in [-0.1, -0.05) is 41.3 Å². The van der Waals surface area contributed by atoms with Crippen LogP contribution in [0.1, 0.15) is 33.2 Å². The number of hydrogen-bond donors (Lipinski definition) is 2. The normalized spacial score (nSPS) is 10.4. The first kappa shape index (κ1) is 24.8. The van der Waals surface area contributed by atoms with Crippen molar-refractivity contribution in [3.63, 3.8) is 0 Å². The predicted molar refractivity (Wildman–Crippen MR) is 127 cm³/mol. The second-order valence-corrected chi connectivity index (χ2v) is 8.89.